The second-order valence-corrected chi connectivity index (χ2v) is 6.61. The number of hydrogen-bond acceptors (Lipinski definition) is 4. The molecule has 130 valence electrons. The Balaban J connectivity index is 1.73. The van der Waals surface area contributed by atoms with E-state index in [9.17, 15) is 4.79 Å². The minimum Gasteiger partial charge on any atom is -0.379 e. The van der Waals surface area contributed by atoms with Crippen molar-refractivity contribution in [2.24, 2.45) is 5.73 Å². The molecule has 3 unspecified atom stereocenters. The number of benzene rings is 1. The van der Waals surface area contributed by atoms with E-state index in [1.807, 2.05) is 12.1 Å². The standard InChI is InChI=1S/C17H22ClN3O3/c1-23-15-7-11(19)13(8-16(15)24-2)21-17(22)14-6-9-5-10(18)3-4-12(9)20-14/h3-6,11,13,15-16,20H,7-8,19H2,1-2H3,(H,21,22)/t11?,13?,15?,16-/m0/s1. The quantitative estimate of drug-likeness (QED) is 0.786. The zero-order valence-electron chi connectivity index (χ0n) is 13.7. The molecule has 1 aromatic heterocycles. The maximum Gasteiger partial charge on any atom is 0.268 e. The van der Waals surface area contributed by atoms with E-state index >= 15 is 0 Å². The number of halogens is 1. The zero-order chi connectivity index (χ0) is 17.3. The Labute approximate surface area is 145 Å². The number of nitrogens with one attached hydrogen (secondary N) is 2. The van der Waals surface area contributed by atoms with Crippen LogP contribution < -0.4 is 11.1 Å². The summed E-state index contributed by atoms with van der Waals surface area (Å²) >= 11 is 5.98. The number of amides is 1. The van der Waals surface area contributed by atoms with E-state index in [1.165, 1.54) is 0 Å². The van der Waals surface area contributed by atoms with Crippen molar-refractivity contribution in [3.63, 3.8) is 0 Å². The molecule has 3 rings (SSSR count). The summed E-state index contributed by atoms with van der Waals surface area (Å²) in [4.78, 5) is 15.7. The summed E-state index contributed by atoms with van der Waals surface area (Å²) < 4.78 is 10.9. The molecule has 6 nitrogen and oxygen atoms in total. The number of aromatic nitrogens is 1. The van der Waals surface area contributed by atoms with Crippen molar-refractivity contribution >= 4 is 28.4 Å². The smallest absolute Gasteiger partial charge is 0.268 e. The first-order valence-electron chi connectivity index (χ1n) is 7.92. The van der Waals surface area contributed by atoms with Gasteiger partial charge in [0, 0.05) is 42.2 Å². The molecule has 0 aliphatic heterocycles. The molecule has 7 heteroatoms. The predicted octanol–water partition coefficient (Wildman–Crippen LogP) is 2.07. The molecule has 1 amide bonds. The second-order valence-electron chi connectivity index (χ2n) is 6.18. The fraction of sp³-hybridized carbons (Fsp3) is 0.471. The average molecular weight is 352 g/mol. The third-order valence-corrected chi connectivity index (χ3v) is 4.91. The van der Waals surface area contributed by atoms with Crippen LogP contribution in [0.5, 0.6) is 0 Å². The Bertz CT molecular complexity index is 733. The molecule has 0 radical (unpaired) electrons. The predicted molar refractivity (Wildman–Crippen MR) is 93.4 cm³/mol. The number of methoxy groups -OCH3 is 2. The second kappa shape index (κ2) is 7.11. The lowest BCUT2D eigenvalue weighted by molar-refractivity contribution is -0.0684. The Morgan fingerprint density at radius 3 is 2.67 bits per heavy atom. The Hall–Kier alpha value is -1.60. The highest BCUT2D eigenvalue weighted by Crippen LogP contribution is 2.24. The molecule has 0 saturated heterocycles. The molecule has 0 bridgehead atoms. The summed E-state index contributed by atoms with van der Waals surface area (Å²) in [7, 11) is 3.30. The normalized spacial score (nSPS) is 27.3. The first-order valence-corrected chi connectivity index (χ1v) is 8.30. The zero-order valence-corrected chi connectivity index (χ0v) is 14.5. The summed E-state index contributed by atoms with van der Waals surface area (Å²) in [6.07, 6.45) is 1.13. The van der Waals surface area contributed by atoms with E-state index in [0.29, 0.717) is 23.6 Å². The monoisotopic (exact) mass is 351 g/mol. The van der Waals surface area contributed by atoms with Gasteiger partial charge in [0.15, 0.2) is 0 Å². The van der Waals surface area contributed by atoms with Gasteiger partial charge in [-0.05, 0) is 37.1 Å². The molecule has 1 aliphatic carbocycles. The van der Waals surface area contributed by atoms with Gasteiger partial charge in [-0.3, -0.25) is 4.79 Å². The van der Waals surface area contributed by atoms with Crippen molar-refractivity contribution < 1.29 is 14.3 Å². The molecule has 4 N–H and O–H groups in total. The largest absolute Gasteiger partial charge is 0.379 e. The van der Waals surface area contributed by atoms with Gasteiger partial charge in [0.25, 0.3) is 5.91 Å². The van der Waals surface area contributed by atoms with Gasteiger partial charge in [-0.25, -0.2) is 0 Å². The number of ether oxygens (including phenoxy) is 2. The summed E-state index contributed by atoms with van der Waals surface area (Å²) in [6, 6.07) is 6.91. The van der Waals surface area contributed by atoms with Crippen molar-refractivity contribution in [3.8, 4) is 0 Å². The van der Waals surface area contributed by atoms with Crippen LogP contribution in [0.2, 0.25) is 5.02 Å². The number of hydrogen-bond donors (Lipinski definition) is 3. The third kappa shape index (κ3) is 3.42. The van der Waals surface area contributed by atoms with Crippen LogP contribution in [0.3, 0.4) is 0 Å². The number of carbonyl (C=O) groups excluding carboxylic acids is 1. The van der Waals surface area contributed by atoms with Crippen LogP contribution >= 0.6 is 11.6 Å². The maximum atomic E-state index is 12.6. The molecular weight excluding hydrogens is 330 g/mol. The minimum absolute atomic E-state index is 0.0478. The fourth-order valence-corrected chi connectivity index (χ4v) is 3.48. The van der Waals surface area contributed by atoms with Gasteiger partial charge in [0.05, 0.1) is 12.2 Å². The maximum absolute atomic E-state index is 12.6. The lowest BCUT2D eigenvalue weighted by Crippen LogP contribution is -2.57. The Morgan fingerprint density at radius 1 is 1.25 bits per heavy atom. The van der Waals surface area contributed by atoms with E-state index in [4.69, 9.17) is 26.8 Å². The molecule has 4 atom stereocenters. The van der Waals surface area contributed by atoms with Gasteiger partial charge < -0.3 is 25.5 Å². The van der Waals surface area contributed by atoms with Crippen molar-refractivity contribution in [3.05, 3.63) is 35.0 Å². The number of nitrogens with two attached hydrogens (primary N) is 1. The molecule has 24 heavy (non-hydrogen) atoms. The van der Waals surface area contributed by atoms with Gasteiger partial charge >= 0.3 is 0 Å². The van der Waals surface area contributed by atoms with Crippen LogP contribution in [0.1, 0.15) is 23.3 Å². The minimum atomic E-state index is -0.187. The molecule has 1 heterocycles. The highest BCUT2D eigenvalue weighted by atomic mass is 35.5. The van der Waals surface area contributed by atoms with Crippen LogP contribution in [-0.4, -0.2) is 49.4 Å². The summed E-state index contributed by atoms with van der Waals surface area (Å²) in [5.41, 5.74) is 7.56. The lowest BCUT2D eigenvalue weighted by atomic mass is 9.86. The van der Waals surface area contributed by atoms with Crippen LogP contribution in [0.15, 0.2) is 24.3 Å². The third-order valence-electron chi connectivity index (χ3n) is 4.67. The molecule has 1 aliphatic rings. The van der Waals surface area contributed by atoms with Crippen LogP contribution in [0.4, 0.5) is 0 Å². The first kappa shape index (κ1) is 17.2. The van der Waals surface area contributed by atoms with Crippen molar-refractivity contribution in [2.75, 3.05) is 14.2 Å². The van der Waals surface area contributed by atoms with Crippen molar-refractivity contribution in [2.45, 2.75) is 37.1 Å². The number of aromatic amines is 1. The molecule has 0 spiro atoms. The van der Waals surface area contributed by atoms with Gasteiger partial charge in [-0.15, -0.1) is 0 Å². The van der Waals surface area contributed by atoms with Gasteiger partial charge in [-0.1, -0.05) is 11.6 Å². The van der Waals surface area contributed by atoms with E-state index < -0.39 is 0 Å². The van der Waals surface area contributed by atoms with Crippen molar-refractivity contribution in [1.82, 2.24) is 10.3 Å². The molecule has 1 fully saturated rings. The highest BCUT2D eigenvalue weighted by molar-refractivity contribution is 6.31. The fourth-order valence-electron chi connectivity index (χ4n) is 3.30. The first-order chi connectivity index (χ1) is 11.5. The number of fused-ring (bicyclic) bond motifs is 1. The molecular formula is C17H22ClN3O3. The van der Waals surface area contributed by atoms with E-state index in [0.717, 1.165) is 10.9 Å². The van der Waals surface area contributed by atoms with Crippen LogP contribution in [0, 0.1) is 0 Å². The Kier molecular flexibility index (Phi) is 5.10. The number of carbonyl (C=O) groups is 1. The van der Waals surface area contributed by atoms with E-state index in [1.54, 1.807) is 26.4 Å². The van der Waals surface area contributed by atoms with Crippen LogP contribution in [0.25, 0.3) is 10.9 Å². The number of rotatable bonds is 4. The lowest BCUT2D eigenvalue weighted by Gasteiger charge is -2.38. The summed E-state index contributed by atoms with van der Waals surface area (Å²) in [6.45, 7) is 0. The molecule has 2 aromatic rings. The molecule has 1 saturated carbocycles. The average Bonchev–Trinajstić information content (AvgIpc) is 2.99. The topological polar surface area (TPSA) is 89.4 Å². The van der Waals surface area contributed by atoms with Gasteiger partial charge in [0.2, 0.25) is 0 Å². The number of H-pyrrole nitrogens is 1. The van der Waals surface area contributed by atoms with Gasteiger partial charge in [0.1, 0.15) is 5.69 Å². The SMILES string of the molecule is COC1CC(N)C(NC(=O)c2cc3cc(Cl)ccc3[nH]2)C[C@@H]1OC. The van der Waals surface area contributed by atoms with E-state index in [2.05, 4.69) is 10.3 Å². The van der Waals surface area contributed by atoms with E-state index in [-0.39, 0.29) is 30.2 Å². The van der Waals surface area contributed by atoms with Gasteiger partial charge in [-0.2, -0.15) is 0 Å². The highest BCUT2D eigenvalue weighted by Gasteiger charge is 2.36. The van der Waals surface area contributed by atoms with Crippen molar-refractivity contribution in [1.29, 1.82) is 0 Å². The van der Waals surface area contributed by atoms with Crippen LogP contribution in [-0.2, 0) is 9.47 Å². The molecule has 1 aromatic carbocycles. The summed E-state index contributed by atoms with van der Waals surface area (Å²) in [5, 5.41) is 4.54. The Morgan fingerprint density at radius 2 is 1.96 bits per heavy atom. The summed E-state index contributed by atoms with van der Waals surface area (Å²) in [5.74, 6) is -0.187.